The highest BCUT2D eigenvalue weighted by Crippen LogP contribution is 2.70. The summed E-state index contributed by atoms with van der Waals surface area (Å²) >= 11 is 5.96. The van der Waals surface area contributed by atoms with Gasteiger partial charge < -0.3 is 5.11 Å². The molecule has 0 aromatic rings. The van der Waals surface area contributed by atoms with Gasteiger partial charge in [-0.05, 0) is 61.7 Å². The molecule has 0 aromatic heterocycles. The molecule has 3 heteroatoms. The summed E-state index contributed by atoms with van der Waals surface area (Å²) in [5.74, 6) is 0.765. The summed E-state index contributed by atoms with van der Waals surface area (Å²) in [5.41, 5.74) is 0.0956. The smallest absolute Gasteiger partial charge is 0.309 e. The molecule has 0 saturated heterocycles. The largest absolute Gasteiger partial charge is 0.481 e. The molecule has 0 amide bonds. The zero-order chi connectivity index (χ0) is 12.3. The minimum Gasteiger partial charge on any atom is -0.481 e. The number of hydrogen-bond acceptors (Lipinski definition) is 1. The third kappa shape index (κ3) is 1.63. The maximum absolute atomic E-state index is 11.7. The summed E-state index contributed by atoms with van der Waals surface area (Å²) < 4.78 is 0. The van der Waals surface area contributed by atoms with Crippen LogP contribution in [0.1, 0.15) is 51.9 Å². The fraction of sp³-hybridized carbons (Fsp3) is 0.929. The van der Waals surface area contributed by atoms with Gasteiger partial charge >= 0.3 is 5.97 Å². The third-order valence-corrected chi connectivity index (χ3v) is 5.73. The highest BCUT2D eigenvalue weighted by atomic mass is 35.5. The van der Waals surface area contributed by atoms with Crippen molar-refractivity contribution in [1.29, 1.82) is 0 Å². The number of carboxylic acid groups (broad SMARTS) is 1. The van der Waals surface area contributed by atoms with Crippen molar-refractivity contribution in [3.63, 3.8) is 0 Å². The van der Waals surface area contributed by atoms with Crippen LogP contribution in [0, 0.1) is 22.2 Å². The van der Waals surface area contributed by atoms with Gasteiger partial charge in [0.25, 0.3) is 0 Å². The molecule has 17 heavy (non-hydrogen) atoms. The minimum atomic E-state index is -0.549. The number of alkyl halides is 1. The van der Waals surface area contributed by atoms with Crippen molar-refractivity contribution < 1.29 is 9.90 Å². The average Bonchev–Trinajstić information content (AvgIpc) is 2.12. The fourth-order valence-electron chi connectivity index (χ4n) is 5.86. The Morgan fingerprint density at radius 2 is 2.06 bits per heavy atom. The lowest BCUT2D eigenvalue weighted by Gasteiger charge is -2.64. The van der Waals surface area contributed by atoms with Crippen LogP contribution in [0.25, 0.3) is 0 Å². The van der Waals surface area contributed by atoms with E-state index in [2.05, 4.69) is 6.92 Å². The van der Waals surface area contributed by atoms with Crippen LogP contribution in [-0.4, -0.2) is 17.0 Å². The van der Waals surface area contributed by atoms with Gasteiger partial charge in [-0.2, -0.15) is 0 Å². The molecule has 4 rings (SSSR count). The number of rotatable bonds is 3. The quantitative estimate of drug-likeness (QED) is 0.783. The predicted octanol–water partition coefficient (Wildman–Crippen LogP) is 3.68. The van der Waals surface area contributed by atoms with E-state index in [-0.39, 0.29) is 10.8 Å². The van der Waals surface area contributed by atoms with Crippen LogP contribution in [0.2, 0.25) is 0 Å². The SMILES string of the molecule is C[C@]12CC3CC(C(=O)O)(C1)C[C@@](CCCl)(C3)C2. The van der Waals surface area contributed by atoms with Crippen molar-refractivity contribution >= 4 is 17.6 Å². The topological polar surface area (TPSA) is 37.3 Å². The molecular formula is C14H21ClO2. The van der Waals surface area contributed by atoms with Crippen molar-refractivity contribution in [2.24, 2.45) is 22.2 Å². The van der Waals surface area contributed by atoms with Crippen LogP contribution in [-0.2, 0) is 4.79 Å². The van der Waals surface area contributed by atoms with Gasteiger partial charge in [0.05, 0.1) is 5.41 Å². The van der Waals surface area contributed by atoms with Gasteiger partial charge in [-0.1, -0.05) is 6.92 Å². The Labute approximate surface area is 108 Å². The van der Waals surface area contributed by atoms with E-state index in [0.717, 1.165) is 25.7 Å². The van der Waals surface area contributed by atoms with E-state index < -0.39 is 11.4 Å². The Bertz CT molecular complexity index is 369. The zero-order valence-electron chi connectivity index (χ0n) is 10.5. The Kier molecular flexibility index (Phi) is 2.37. The van der Waals surface area contributed by atoms with Crippen LogP contribution >= 0.6 is 11.6 Å². The number of hydrogen-bond donors (Lipinski definition) is 1. The Balaban J connectivity index is 2.00. The van der Waals surface area contributed by atoms with Gasteiger partial charge in [-0.15, -0.1) is 11.6 Å². The predicted molar refractivity (Wildman–Crippen MR) is 67.1 cm³/mol. The molecular weight excluding hydrogens is 236 g/mol. The minimum absolute atomic E-state index is 0.244. The van der Waals surface area contributed by atoms with Gasteiger partial charge in [0, 0.05) is 5.88 Å². The molecule has 4 fully saturated rings. The molecule has 4 aliphatic rings. The third-order valence-electron chi connectivity index (χ3n) is 5.54. The molecule has 2 unspecified atom stereocenters. The first kappa shape index (κ1) is 11.8. The van der Waals surface area contributed by atoms with Crippen molar-refractivity contribution in [3.8, 4) is 0 Å². The second-order valence-corrected chi connectivity index (χ2v) is 7.72. The van der Waals surface area contributed by atoms with E-state index in [1.54, 1.807) is 0 Å². The molecule has 1 N–H and O–H groups in total. The molecule has 0 heterocycles. The Morgan fingerprint density at radius 1 is 1.29 bits per heavy atom. The first-order chi connectivity index (χ1) is 7.91. The Morgan fingerprint density at radius 3 is 2.65 bits per heavy atom. The molecule has 0 spiro atoms. The van der Waals surface area contributed by atoms with Crippen LogP contribution in [0.3, 0.4) is 0 Å². The molecule has 0 radical (unpaired) electrons. The van der Waals surface area contributed by atoms with Crippen molar-refractivity contribution in [1.82, 2.24) is 0 Å². The van der Waals surface area contributed by atoms with Crippen LogP contribution in [0.15, 0.2) is 0 Å². The van der Waals surface area contributed by atoms with Crippen molar-refractivity contribution in [2.45, 2.75) is 51.9 Å². The monoisotopic (exact) mass is 256 g/mol. The zero-order valence-corrected chi connectivity index (χ0v) is 11.2. The molecule has 2 nitrogen and oxygen atoms in total. The lowest BCUT2D eigenvalue weighted by molar-refractivity contribution is -0.188. The number of carboxylic acids is 1. The molecule has 4 saturated carbocycles. The summed E-state index contributed by atoms with van der Waals surface area (Å²) in [4.78, 5) is 11.7. The van der Waals surface area contributed by atoms with Gasteiger partial charge in [0.15, 0.2) is 0 Å². The van der Waals surface area contributed by atoms with Gasteiger partial charge in [0.1, 0.15) is 0 Å². The summed E-state index contributed by atoms with van der Waals surface area (Å²) in [6.45, 7) is 2.30. The molecule has 4 aliphatic carbocycles. The molecule has 0 aliphatic heterocycles. The van der Waals surface area contributed by atoms with Gasteiger partial charge in [-0.3, -0.25) is 4.79 Å². The van der Waals surface area contributed by atoms with Gasteiger partial charge in [0.2, 0.25) is 0 Å². The molecule has 4 atom stereocenters. The molecule has 96 valence electrons. The normalized spacial score (nSPS) is 51.8. The van der Waals surface area contributed by atoms with Gasteiger partial charge in [-0.25, -0.2) is 0 Å². The maximum Gasteiger partial charge on any atom is 0.309 e. The van der Waals surface area contributed by atoms with E-state index in [4.69, 9.17) is 11.6 Å². The highest BCUT2D eigenvalue weighted by molar-refractivity contribution is 6.17. The average molecular weight is 257 g/mol. The first-order valence-corrected chi connectivity index (χ1v) is 7.24. The highest BCUT2D eigenvalue weighted by Gasteiger charge is 2.64. The van der Waals surface area contributed by atoms with Crippen molar-refractivity contribution in [3.05, 3.63) is 0 Å². The van der Waals surface area contributed by atoms with Crippen LogP contribution in [0.5, 0.6) is 0 Å². The van der Waals surface area contributed by atoms with E-state index in [1.165, 1.54) is 19.3 Å². The summed E-state index contributed by atoms with van der Waals surface area (Å²) in [6.07, 6.45) is 7.39. The van der Waals surface area contributed by atoms with E-state index in [0.29, 0.717) is 11.8 Å². The van der Waals surface area contributed by atoms with Crippen LogP contribution < -0.4 is 0 Å². The summed E-state index contributed by atoms with van der Waals surface area (Å²) in [5, 5.41) is 9.64. The number of halogens is 1. The first-order valence-electron chi connectivity index (χ1n) is 6.71. The number of aliphatic carboxylic acids is 1. The molecule has 4 bridgehead atoms. The second-order valence-electron chi connectivity index (χ2n) is 7.34. The summed E-state index contributed by atoms with van der Waals surface area (Å²) in [6, 6.07) is 0. The molecule has 0 aromatic carbocycles. The maximum atomic E-state index is 11.7. The van der Waals surface area contributed by atoms with E-state index >= 15 is 0 Å². The van der Waals surface area contributed by atoms with E-state index in [9.17, 15) is 9.90 Å². The standard InChI is InChI=1S/C14H21ClO2/c1-12-4-10-5-13(7-12,2-3-15)9-14(6-10,8-12)11(16)17/h10H,2-9H2,1H3,(H,16,17)/t10?,12-,13+,14?/m1/s1. The lowest BCUT2D eigenvalue weighted by Crippen LogP contribution is -2.58. The summed E-state index contributed by atoms with van der Waals surface area (Å²) in [7, 11) is 0. The second kappa shape index (κ2) is 3.40. The van der Waals surface area contributed by atoms with Crippen molar-refractivity contribution in [2.75, 3.05) is 5.88 Å². The Hall–Kier alpha value is -0.240. The number of carbonyl (C=O) groups is 1. The van der Waals surface area contributed by atoms with Crippen LogP contribution in [0.4, 0.5) is 0 Å². The van der Waals surface area contributed by atoms with E-state index in [1.807, 2.05) is 0 Å². The lowest BCUT2D eigenvalue weighted by atomic mass is 9.39. The fourth-order valence-corrected chi connectivity index (χ4v) is 6.26.